The number of carbonyl (C=O) groups excluding carboxylic acids is 1. The molecule has 0 N–H and O–H groups in total. The summed E-state index contributed by atoms with van der Waals surface area (Å²) in [5.41, 5.74) is 2.05. The lowest BCUT2D eigenvalue weighted by Crippen LogP contribution is -2.26. The summed E-state index contributed by atoms with van der Waals surface area (Å²) in [7, 11) is 4.57. The third kappa shape index (κ3) is 4.40. The third-order valence-electron chi connectivity index (χ3n) is 5.84. The Hall–Kier alpha value is -4.99. The Morgan fingerprint density at radius 2 is 1.49 bits per heavy atom. The zero-order chi connectivity index (χ0) is 25.9. The number of methoxy groups -OCH3 is 3. The van der Waals surface area contributed by atoms with Crippen LogP contribution in [0.5, 0.6) is 17.2 Å². The summed E-state index contributed by atoms with van der Waals surface area (Å²) < 4.78 is 22.8. The van der Waals surface area contributed by atoms with Crippen LogP contribution in [0.3, 0.4) is 0 Å². The summed E-state index contributed by atoms with van der Waals surface area (Å²) in [6.45, 7) is -0.397. The van der Waals surface area contributed by atoms with Gasteiger partial charge in [-0.1, -0.05) is 35.5 Å². The average molecular weight is 498 g/mol. The van der Waals surface area contributed by atoms with Crippen LogP contribution < -0.4 is 19.8 Å². The molecular weight excluding hydrogens is 476 g/mol. The van der Waals surface area contributed by atoms with Crippen molar-refractivity contribution in [3.63, 3.8) is 0 Å². The monoisotopic (exact) mass is 498 g/mol. The van der Waals surface area contributed by atoms with E-state index in [1.165, 1.54) is 21.3 Å². The molecule has 5 aromatic rings. The number of pyridine rings is 1. The first-order chi connectivity index (χ1) is 18.0. The van der Waals surface area contributed by atoms with Crippen molar-refractivity contribution in [3.05, 3.63) is 82.6 Å². The van der Waals surface area contributed by atoms with Crippen molar-refractivity contribution in [2.24, 2.45) is 0 Å². The molecule has 0 fully saturated rings. The van der Waals surface area contributed by atoms with E-state index in [0.717, 1.165) is 4.68 Å². The highest BCUT2D eigenvalue weighted by Gasteiger charge is 2.19. The predicted octanol–water partition coefficient (Wildman–Crippen LogP) is 3.85. The maximum Gasteiger partial charge on any atom is 0.340 e. The van der Waals surface area contributed by atoms with Crippen molar-refractivity contribution in [2.45, 2.75) is 6.73 Å². The molecule has 0 atom stereocenters. The molecule has 10 heteroatoms. The van der Waals surface area contributed by atoms with Crippen LogP contribution in [0.2, 0.25) is 0 Å². The molecular formula is C27H22N4O6. The first kappa shape index (κ1) is 23.7. The van der Waals surface area contributed by atoms with Gasteiger partial charge in [-0.15, -0.1) is 5.10 Å². The number of nitrogens with zero attached hydrogens (tertiary/aromatic N) is 4. The van der Waals surface area contributed by atoms with Gasteiger partial charge in [-0.2, -0.15) is 4.68 Å². The van der Waals surface area contributed by atoms with E-state index in [9.17, 15) is 9.59 Å². The number of esters is 1. The number of hydrogen-bond donors (Lipinski definition) is 0. The summed E-state index contributed by atoms with van der Waals surface area (Å²) in [5, 5.41) is 8.88. The van der Waals surface area contributed by atoms with Gasteiger partial charge in [0.2, 0.25) is 5.75 Å². The van der Waals surface area contributed by atoms with Gasteiger partial charge in [-0.05, 0) is 36.4 Å². The first-order valence-electron chi connectivity index (χ1n) is 11.2. The fourth-order valence-electron chi connectivity index (χ4n) is 4.03. The Labute approximate surface area is 211 Å². The van der Waals surface area contributed by atoms with Crippen molar-refractivity contribution in [2.75, 3.05) is 21.3 Å². The van der Waals surface area contributed by atoms with Crippen LogP contribution in [0, 0.1) is 0 Å². The molecule has 37 heavy (non-hydrogen) atoms. The topological polar surface area (TPSA) is 115 Å². The second-order valence-corrected chi connectivity index (χ2v) is 7.96. The molecule has 5 rings (SSSR count). The van der Waals surface area contributed by atoms with E-state index in [-0.39, 0.29) is 5.56 Å². The number of benzene rings is 3. The van der Waals surface area contributed by atoms with Gasteiger partial charge in [0.05, 0.1) is 43.5 Å². The third-order valence-corrected chi connectivity index (χ3v) is 5.84. The second-order valence-electron chi connectivity index (χ2n) is 7.96. The predicted molar refractivity (Wildman–Crippen MR) is 136 cm³/mol. The van der Waals surface area contributed by atoms with Crippen LogP contribution in [0.25, 0.3) is 33.1 Å². The van der Waals surface area contributed by atoms with Crippen LogP contribution in [-0.4, -0.2) is 47.3 Å². The number of para-hydroxylation sites is 1. The van der Waals surface area contributed by atoms with Gasteiger partial charge < -0.3 is 18.9 Å². The van der Waals surface area contributed by atoms with Crippen molar-refractivity contribution in [1.82, 2.24) is 20.0 Å². The first-order valence-corrected chi connectivity index (χ1v) is 11.2. The molecule has 2 aromatic heterocycles. The van der Waals surface area contributed by atoms with Gasteiger partial charge in [-0.25, -0.2) is 9.78 Å². The lowest BCUT2D eigenvalue weighted by molar-refractivity contribution is 0.0338. The Morgan fingerprint density at radius 1 is 0.838 bits per heavy atom. The largest absolute Gasteiger partial charge is 0.493 e. The Bertz CT molecular complexity index is 1670. The molecule has 0 aliphatic rings. The number of hydrogen-bond acceptors (Lipinski definition) is 9. The minimum absolute atomic E-state index is 0.274. The Morgan fingerprint density at radius 3 is 2.16 bits per heavy atom. The maximum absolute atomic E-state index is 13.3. The number of ether oxygens (including phenoxy) is 4. The molecule has 186 valence electrons. The van der Waals surface area contributed by atoms with E-state index in [1.54, 1.807) is 60.7 Å². The number of rotatable bonds is 7. The normalized spacial score (nSPS) is 10.9. The van der Waals surface area contributed by atoms with Crippen LogP contribution >= 0.6 is 0 Å². The molecule has 0 unspecified atom stereocenters. The van der Waals surface area contributed by atoms with E-state index in [0.29, 0.717) is 50.3 Å². The summed E-state index contributed by atoms with van der Waals surface area (Å²) in [5.74, 6) is 0.695. The van der Waals surface area contributed by atoms with Gasteiger partial charge in [0.1, 0.15) is 5.52 Å². The van der Waals surface area contributed by atoms with Crippen molar-refractivity contribution >= 4 is 27.8 Å². The summed E-state index contributed by atoms with van der Waals surface area (Å²) in [4.78, 5) is 30.7. The zero-order valence-electron chi connectivity index (χ0n) is 20.3. The lowest BCUT2D eigenvalue weighted by Gasteiger charge is -2.15. The van der Waals surface area contributed by atoms with Gasteiger partial charge >= 0.3 is 5.97 Å². The highest BCUT2D eigenvalue weighted by atomic mass is 16.5. The molecule has 0 saturated carbocycles. The molecule has 10 nitrogen and oxygen atoms in total. The summed E-state index contributed by atoms with van der Waals surface area (Å²) in [6.07, 6.45) is 0. The molecule has 0 spiro atoms. The van der Waals surface area contributed by atoms with E-state index < -0.39 is 18.3 Å². The lowest BCUT2D eigenvalue weighted by atomic mass is 10.0. The fourth-order valence-corrected chi connectivity index (χ4v) is 4.03. The molecule has 0 bridgehead atoms. The van der Waals surface area contributed by atoms with E-state index >= 15 is 0 Å². The highest BCUT2D eigenvalue weighted by molar-refractivity contribution is 6.04. The van der Waals surface area contributed by atoms with E-state index in [1.807, 2.05) is 6.07 Å². The molecule has 2 heterocycles. The van der Waals surface area contributed by atoms with E-state index in [2.05, 4.69) is 10.3 Å². The smallest absolute Gasteiger partial charge is 0.340 e. The number of fused-ring (bicyclic) bond motifs is 2. The number of carbonyl (C=O) groups is 1. The highest BCUT2D eigenvalue weighted by Crippen LogP contribution is 2.41. The van der Waals surface area contributed by atoms with Crippen molar-refractivity contribution in [1.29, 1.82) is 0 Å². The summed E-state index contributed by atoms with van der Waals surface area (Å²) in [6, 6.07) is 19.2. The Kier molecular flexibility index (Phi) is 6.38. The second kappa shape index (κ2) is 9.94. The molecule has 0 radical (unpaired) electrons. The van der Waals surface area contributed by atoms with E-state index in [4.69, 9.17) is 23.9 Å². The Balaban J connectivity index is 1.54. The fraction of sp³-hybridized carbons (Fsp3) is 0.148. The minimum atomic E-state index is -0.644. The van der Waals surface area contributed by atoms with Crippen molar-refractivity contribution in [3.8, 4) is 28.5 Å². The SMILES string of the molecule is COc1cc(-c2cc(C(=O)OCn3nnc4ccccc4c3=O)c3ccccc3n2)cc(OC)c1OC. The molecule has 0 aliphatic heterocycles. The standard InChI is InChI=1S/C27H22N4O6/c1-34-23-12-16(13-24(35-2)25(23)36-3)22-14-19(17-8-4-6-10-20(17)28-22)27(33)37-15-31-26(32)18-9-5-7-11-21(18)29-30-31/h4-14H,15H2,1-3H3. The maximum atomic E-state index is 13.3. The summed E-state index contributed by atoms with van der Waals surface area (Å²) >= 11 is 0. The quantitative estimate of drug-likeness (QED) is 0.309. The molecule has 0 saturated heterocycles. The minimum Gasteiger partial charge on any atom is -0.493 e. The average Bonchev–Trinajstić information content (AvgIpc) is 2.95. The van der Waals surface area contributed by atoms with Gasteiger partial charge in [-0.3, -0.25) is 4.79 Å². The molecule has 0 aliphatic carbocycles. The zero-order valence-corrected chi connectivity index (χ0v) is 20.3. The molecule has 0 amide bonds. The number of aromatic nitrogens is 4. The van der Waals surface area contributed by atoms with Crippen LogP contribution in [0.15, 0.2) is 71.5 Å². The van der Waals surface area contributed by atoms with Crippen LogP contribution in [0.4, 0.5) is 0 Å². The van der Waals surface area contributed by atoms with Gasteiger partial charge in [0.15, 0.2) is 18.2 Å². The van der Waals surface area contributed by atoms with Gasteiger partial charge in [0, 0.05) is 10.9 Å². The van der Waals surface area contributed by atoms with Crippen LogP contribution in [0.1, 0.15) is 10.4 Å². The van der Waals surface area contributed by atoms with Crippen molar-refractivity contribution < 1.29 is 23.7 Å². The van der Waals surface area contributed by atoms with Gasteiger partial charge in [0.25, 0.3) is 5.56 Å². The molecule has 3 aromatic carbocycles. The van der Waals surface area contributed by atoms with Crippen LogP contribution in [-0.2, 0) is 11.5 Å².